The van der Waals surface area contributed by atoms with Gasteiger partial charge in [-0.25, -0.2) is 4.79 Å². The van der Waals surface area contributed by atoms with Crippen LogP contribution in [0, 0.1) is 0 Å². The summed E-state index contributed by atoms with van der Waals surface area (Å²) in [5.74, 6) is 0.769. The van der Waals surface area contributed by atoms with Crippen LogP contribution in [0.25, 0.3) is 0 Å². The van der Waals surface area contributed by atoms with Gasteiger partial charge in [0, 0.05) is 17.1 Å². The molecule has 1 amide bonds. The number of ether oxygens (including phenoxy) is 2. The van der Waals surface area contributed by atoms with Crippen molar-refractivity contribution in [1.82, 2.24) is 10.6 Å². The standard InChI is InChI=1S/C17H27BrN2O3/c1-12(2)20-11-13-8-14(18)10-15(9-13)22-7-6-19-16(21)23-17(3,4)5/h8-10,12,20H,6-7,11H2,1-5H3,(H,19,21). The monoisotopic (exact) mass is 386 g/mol. The van der Waals surface area contributed by atoms with Gasteiger partial charge in [0.25, 0.3) is 0 Å². The molecule has 0 aliphatic heterocycles. The van der Waals surface area contributed by atoms with E-state index in [2.05, 4.69) is 46.5 Å². The Labute approximate surface area is 147 Å². The maximum Gasteiger partial charge on any atom is 0.407 e. The number of hydrogen-bond acceptors (Lipinski definition) is 4. The van der Waals surface area contributed by atoms with Gasteiger partial charge in [0.1, 0.15) is 18.0 Å². The Hall–Kier alpha value is -1.27. The minimum Gasteiger partial charge on any atom is -0.492 e. The third kappa shape index (κ3) is 9.46. The van der Waals surface area contributed by atoms with Gasteiger partial charge in [0.15, 0.2) is 0 Å². The number of alkyl carbamates (subject to hydrolysis) is 1. The minimum atomic E-state index is -0.493. The van der Waals surface area contributed by atoms with Gasteiger partial charge >= 0.3 is 6.09 Å². The number of amides is 1. The zero-order chi connectivity index (χ0) is 17.5. The van der Waals surface area contributed by atoms with Crippen LogP contribution in [0.1, 0.15) is 40.2 Å². The van der Waals surface area contributed by atoms with E-state index in [4.69, 9.17) is 9.47 Å². The first-order valence-electron chi connectivity index (χ1n) is 7.78. The third-order valence-corrected chi connectivity index (χ3v) is 3.14. The molecule has 0 fully saturated rings. The van der Waals surface area contributed by atoms with E-state index in [1.807, 2.05) is 32.9 Å². The summed E-state index contributed by atoms with van der Waals surface area (Å²) in [5, 5.41) is 6.04. The summed E-state index contributed by atoms with van der Waals surface area (Å²) in [6.45, 7) is 11.3. The summed E-state index contributed by atoms with van der Waals surface area (Å²) in [5.41, 5.74) is 0.649. The van der Waals surface area contributed by atoms with Crippen molar-refractivity contribution in [2.75, 3.05) is 13.2 Å². The van der Waals surface area contributed by atoms with Crippen LogP contribution in [0.4, 0.5) is 4.79 Å². The van der Waals surface area contributed by atoms with Crippen LogP contribution >= 0.6 is 15.9 Å². The molecule has 0 saturated carbocycles. The molecular weight excluding hydrogens is 360 g/mol. The quantitative estimate of drug-likeness (QED) is 0.698. The molecule has 0 aliphatic carbocycles. The average Bonchev–Trinajstić information content (AvgIpc) is 2.39. The lowest BCUT2D eigenvalue weighted by atomic mass is 10.2. The molecule has 130 valence electrons. The van der Waals surface area contributed by atoms with Crippen LogP contribution in [0.3, 0.4) is 0 Å². The van der Waals surface area contributed by atoms with Gasteiger partial charge in [-0.05, 0) is 44.5 Å². The number of rotatable bonds is 7. The molecule has 0 aliphatic rings. The molecule has 0 heterocycles. The van der Waals surface area contributed by atoms with Crippen molar-refractivity contribution in [2.24, 2.45) is 0 Å². The summed E-state index contributed by atoms with van der Waals surface area (Å²) in [7, 11) is 0. The largest absolute Gasteiger partial charge is 0.492 e. The van der Waals surface area contributed by atoms with Gasteiger partial charge < -0.3 is 20.1 Å². The van der Waals surface area contributed by atoms with Gasteiger partial charge in [-0.3, -0.25) is 0 Å². The van der Waals surface area contributed by atoms with Gasteiger partial charge in [0.05, 0.1) is 6.54 Å². The maximum atomic E-state index is 11.5. The summed E-state index contributed by atoms with van der Waals surface area (Å²) in [6, 6.07) is 6.39. The van der Waals surface area contributed by atoms with E-state index in [1.54, 1.807) is 0 Å². The Kier molecular flexibility index (Phi) is 7.85. The van der Waals surface area contributed by atoms with Crippen molar-refractivity contribution in [2.45, 2.75) is 52.8 Å². The van der Waals surface area contributed by atoms with E-state index in [-0.39, 0.29) is 0 Å². The fourth-order valence-electron chi connectivity index (χ4n) is 1.76. The summed E-state index contributed by atoms with van der Waals surface area (Å²) < 4.78 is 11.8. The average molecular weight is 387 g/mol. The molecule has 6 heteroatoms. The first kappa shape index (κ1) is 19.8. The fraction of sp³-hybridized carbons (Fsp3) is 0.588. The highest BCUT2D eigenvalue weighted by Gasteiger charge is 2.15. The highest BCUT2D eigenvalue weighted by Crippen LogP contribution is 2.21. The molecule has 0 atom stereocenters. The molecule has 23 heavy (non-hydrogen) atoms. The molecule has 1 aromatic rings. The van der Waals surface area contributed by atoms with Crippen LogP contribution in [-0.4, -0.2) is 30.9 Å². The van der Waals surface area contributed by atoms with Crippen molar-refractivity contribution in [1.29, 1.82) is 0 Å². The second-order valence-corrected chi connectivity index (χ2v) is 7.52. The third-order valence-electron chi connectivity index (χ3n) is 2.68. The first-order valence-corrected chi connectivity index (χ1v) is 8.57. The van der Waals surface area contributed by atoms with Gasteiger partial charge in [-0.1, -0.05) is 29.8 Å². The molecular formula is C17H27BrN2O3. The van der Waals surface area contributed by atoms with Gasteiger partial charge in [0.2, 0.25) is 0 Å². The molecule has 0 saturated heterocycles. The molecule has 2 N–H and O–H groups in total. The lowest BCUT2D eigenvalue weighted by molar-refractivity contribution is 0.0520. The number of hydrogen-bond donors (Lipinski definition) is 2. The predicted molar refractivity (Wildman–Crippen MR) is 95.8 cm³/mol. The van der Waals surface area contributed by atoms with Crippen LogP contribution in [0.2, 0.25) is 0 Å². The summed E-state index contributed by atoms with van der Waals surface area (Å²) in [4.78, 5) is 11.5. The van der Waals surface area contributed by atoms with Crippen molar-refractivity contribution < 1.29 is 14.3 Å². The van der Waals surface area contributed by atoms with Crippen LogP contribution in [-0.2, 0) is 11.3 Å². The van der Waals surface area contributed by atoms with E-state index in [9.17, 15) is 4.79 Å². The molecule has 0 aromatic heterocycles. The Morgan fingerprint density at radius 3 is 2.57 bits per heavy atom. The van der Waals surface area contributed by atoms with Crippen LogP contribution in [0.15, 0.2) is 22.7 Å². The highest BCUT2D eigenvalue weighted by molar-refractivity contribution is 9.10. The van der Waals surface area contributed by atoms with Crippen LogP contribution in [0.5, 0.6) is 5.75 Å². The molecule has 0 radical (unpaired) electrons. The second-order valence-electron chi connectivity index (χ2n) is 6.61. The highest BCUT2D eigenvalue weighted by atomic mass is 79.9. The van der Waals surface area contributed by atoms with E-state index >= 15 is 0 Å². The smallest absolute Gasteiger partial charge is 0.407 e. The molecule has 1 aromatic carbocycles. The predicted octanol–water partition coefficient (Wildman–Crippen LogP) is 3.85. The lowest BCUT2D eigenvalue weighted by Gasteiger charge is -2.19. The van der Waals surface area contributed by atoms with E-state index in [0.29, 0.717) is 19.2 Å². The Bertz CT molecular complexity index is 513. The van der Waals surface area contributed by atoms with Crippen LogP contribution < -0.4 is 15.4 Å². The van der Waals surface area contributed by atoms with Gasteiger partial charge in [-0.15, -0.1) is 0 Å². The van der Waals surface area contributed by atoms with Gasteiger partial charge in [-0.2, -0.15) is 0 Å². The van der Waals surface area contributed by atoms with Crippen molar-refractivity contribution in [3.63, 3.8) is 0 Å². The number of nitrogens with one attached hydrogen (secondary N) is 2. The second kappa shape index (κ2) is 9.13. The lowest BCUT2D eigenvalue weighted by Crippen LogP contribution is -2.34. The number of halogens is 1. The van der Waals surface area contributed by atoms with Crippen molar-refractivity contribution in [3.8, 4) is 5.75 Å². The number of benzene rings is 1. The molecule has 0 spiro atoms. The fourth-order valence-corrected chi connectivity index (χ4v) is 2.28. The van der Waals surface area contributed by atoms with E-state index in [1.165, 1.54) is 0 Å². The SMILES string of the molecule is CC(C)NCc1cc(Br)cc(OCCNC(=O)OC(C)(C)C)c1. The Morgan fingerprint density at radius 1 is 1.26 bits per heavy atom. The molecule has 5 nitrogen and oxygen atoms in total. The normalized spacial score (nSPS) is 11.4. The first-order chi connectivity index (χ1) is 10.7. The zero-order valence-corrected chi connectivity index (χ0v) is 16.1. The number of carbonyl (C=O) groups excluding carboxylic acids is 1. The summed E-state index contributed by atoms with van der Waals surface area (Å²) >= 11 is 3.49. The molecule has 0 bridgehead atoms. The maximum absolute atomic E-state index is 11.5. The molecule has 1 rings (SSSR count). The number of carbonyl (C=O) groups is 1. The topological polar surface area (TPSA) is 59.6 Å². The zero-order valence-electron chi connectivity index (χ0n) is 14.5. The van der Waals surface area contributed by atoms with Crippen molar-refractivity contribution in [3.05, 3.63) is 28.2 Å². The van der Waals surface area contributed by atoms with E-state index in [0.717, 1.165) is 22.3 Å². The van der Waals surface area contributed by atoms with Crippen molar-refractivity contribution >= 4 is 22.0 Å². The summed E-state index contributed by atoms with van der Waals surface area (Å²) in [6.07, 6.45) is -0.433. The molecule has 0 unspecified atom stereocenters. The minimum absolute atomic E-state index is 0.382. The Morgan fingerprint density at radius 2 is 1.96 bits per heavy atom. The van der Waals surface area contributed by atoms with E-state index < -0.39 is 11.7 Å². The Balaban J connectivity index is 2.41.